The van der Waals surface area contributed by atoms with Gasteiger partial charge in [-0.05, 0) is 33.1 Å². The Balaban J connectivity index is 3.46. The summed E-state index contributed by atoms with van der Waals surface area (Å²) in [6, 6.07) is 0. The van der Waals surface area contributed by atoms with Gasteiger partial charge in [0.2, 0.25) is 0 Å². The topological polar surface area (TPSA) is 6.48 Å². The summed E-state index contributed by atoms with van der Waals surface area (Å²) < 4.78 is 0. The smallest absolute Gasteiger partial charge is 0.0109 e. The largest absolute Gasteiger partial charge is 0.305 e. The molecule has 0 aliphatic carbocycles. The summed E-state index contributed by atoms with van der Waals surface area (Å²) in [6.45, 7) is 12.8. The average Bonchev–Trinajstić information content (AvgIpc) is 2.17. The van der Waals surface area contributed by atoms with E-state index in [1.807, 2.05) is 0 Å². The molecule has 0 aliphatic rings. The molecule has 13 heavy (non-hydrogen) atoms. The molecule has 0 aromatic rings. The van der Waals surface area contributed by atoms with Crippen LogP contribution < -0.4 is 0 Å². The second kappa shape index (κ2) is 8.52. The predicted octanol–water partition coefficient (Wildman–Crippen LogP) is 2.06. The van der Waals surface area contributed by atoms with Crippen molar-refractivity contribution in [1.82, 2.24) is 9.80 Å². The number of likely N-dealkylation sites (N-methyl/N-ethyl adjacent to an activating group) is 2. The first kappa shape index (κ1) is 12.9. The number of hydrogen-bond acceptors (Lipinski definition) is 2. The maximum atomic E-state index is 2.54. The van der Waals surface area contributed by atoms with Gasteiger partial charge in [0.1, 0.15) is 0 Å². The molecule has 0 rings (SSSR count). The molecule has 0 fully saturated rings. The van der Waals surface area contributed by atoms with Gasteiger partial charge in [-0.2, -0.15) is 0 Å². The predicted molar refractivity (Wildman–Crippen MR) is 60.2 cm³/mol. The lowest BCUT2D eigenvalue weighted by molar-refractivity contribution is 0.235. The summed E-state index contributed by atoms with van der Waals surface area (Å²) in [6.07, 6.45) is 2.64. The van der Waals surface area contributed by atoms with Crippen LogP contribution in [-0.2, 0) is 0 Å². The summed E-state index contributed by atoms with van der Waals surface area (Å²) in [7, 11) is 2.19. The zero-order valence-corrected chi connectivity index (χ0v) is 9.84. The standard InChI is InChI=1S/C11H26N2/c1-5-8-9-13(7-3)11-10-12(4)6-2/h5-11H2,1-4H3. The van der Waals surface area contributed by atoms with Crippen molar-refractivity contribution in [3.05, 3.63) is 0 Å². The number of rotatable bonds is 8. The fourth-order valence-electron chi connectivity index (χ4n) is 1.28. The van der Waals surface area contributed by atoms with E-state index in [9.17, 15) is 0 Å². The van der Waals surface area contributed by atoms with Gasteiger partial charge in [-0.3, -0.25) is 0 Å². The fourth-order valence-corrected chi connectivity index (χ4v) is 1.28. The average molecular weight is 186 g/mol. The van der Waals surface area contributed by atoms with E-state index in [1.54, 1.807) is 0 Å². The second-order valence-corrected chi connectivity index (χ2v) is 3.68. The third kappa shape index (κ3) is 7.03. The van der Waals surface area contributed by atoms with E-state index >= 15 is 0 Å². The summed E-state index contributed by atoms with van der Waals surface area (Å²) in [4.78, 5) is 4.91. The SMILES string of the molecule is CCCCN(CC)CCN(C)CC. The highest BCUT2D eigenvalue weighted by molar-refractivity contribution is 4.58. The first-order chi connectivity index (χ1) is 6.24. The van der Waals surface area contributed by atoms with Gasteiger partial charge in [-0.15, -0.1) is 0 Å². The van der Waals surface area contributed by atoms with Crippen LogP contribution in [0.5, 0.6) is 0 Å². The third-order valence-electron chi connectivity index (χ3n) is 2.61. The van der Waals surface area contributed by atoms with Gasteiger partial charge in [-0.1, -0.05) is 27.2 Å². The van der Waals surface area contributed by atoms with E-state index in [2.05, 4.69) is 37.6 Å². The Bertz CT molecular complexity index is 104. The molecule has 0 amide bonds. The molecule has 0 saturated heterocycles. The Morgan fingerprint density at radius 2 is 1.54 bits per heavy atom. The lowest BCUT2D eigenvalue weighted by Crippen LogP contribution is -2.33. The van der Waals surface area contributed by atoms with Crippen molar-refractivity contribution in [1.29, 1.82) is 0 Å². The fraction of sp³-hybridized carbons (Fsp3) is 1.00. The molecule has 0 radical (unpaired) electrons. The van der Waals surface area contributed by atoms with Crippen LogP contribution >= 0.6 is 0 Å². The Kier molecular flexibility index (Phi) is 8.46. The highest BCUT2D eigenvalue weighted by Crippen LogP contribution is 1.95. The van der Waals surface area contributed by atoms with Gasteiger partial charge >= 0.3 is 0 Å². The highest BCUT2D eigenvalue weighted by Gasteiger charge is 2.02. The molecule has 0 heterocycles. The zero-order chi connectivity index (χ0) is 10.1. The van der Waals surface area contributed by atoms with Crippen LogP contribution in [0.1, 0.15) is 33.6 Å². The highest BCUT2D eigenvalue weighted by atomic mass is 15.2. The summed E-state index contributed by atoms with van der Waals surface area (Å²) >= 11 is 0. The van der Waals surface area contributed by atoms with Crippen molar-refractivity contribution in [2.75, 3.05) is 39.8 Å². The van der Waals surface area contributed by atoms with E-state index in [0.717, 1.165) is 6.54 Å². The van der Waals surface area contributed by atoms with Crippen LogP contribution in [-0.4, -0.2) is 49.6 Å². The molecular weight excluding hydrogens is 160 g/mol. The Morgan fingerprint density at radius 3 is 2.00 bits per heavy atom. The molecule has 0 aromatic heterocycles. The molecule has 2 heteroatoms. The maximum Gasteiger partial charge on any atom is 0.0109 e. The Morgan fingerprint density at radius 1 is 0.846 bits per heavy atom. The summed E-state index contributed by atoms with van der Waals surface area (Å²) in [5.74, 6) is 0. The first-order valence-electron chi connectivity index (χ1n) is 5.65. The van der Waals surface area contributed by atoms with E-state index in [4.69, 9.17) is 0 Å². The van der Waals surface area contributed by atoms with E-state index < -0.39 is 0 Å². The molecule has 0 bridgehead atoms. The molecule has 0 unspecified atom stereocenters. The minimum absolute atomic E-state index is 1.16. The van der Waals surface area contributed by atoms with Crippen molar-refractivity contribution in [2.45, 2.75) is 33.6 Å². The molecule has 0 N–H and O–H groups in total. The molecular formula is C11H26N2. The van der Waals surface area contributed by atoms with Gasteiger partial charge in [0.15, 0.2) is 0 Å². The van der Waals surface area contributed by atoms with Crippen LogP contribution in [0.2, 0.25) is 0 Å². The molecule has 2 nitrogen and oxygen atoms in total. The Labute approximate surface area is 83.9 Å². The third-order valence-corrected chi connectivity index (χ3v) is 2.61. The van der Waals surface area contributed by atoms with E-state index in [1.165, 1.54) is 39.0 Å². The van der Waals surface area contributed by atoms with Gasteiger partial charge in [0.05, 0.1) is 0 Å². The van der Waals surface area contributed by atoms with Crippen molar-refractivity contribution in [2.24, 2.45) is 0 Å². The van der Waals surface area contributed by atoms with Crippen molar-refractivity contribution >= 4 is 0 Å². The van der Waals surface area contributed by atoms with Crippen LogP contribution in [0.25, 0.3) is 0 Å². The normalized spacial score (nSPS) is 11.5. The van der Waals surface area contributed by atoms with Crippen molar-refractivity contribution in [3.63, 3.8) is 0 Å². The molecule has 0 atom stereocenters. The maximum absolute atomic E-state index is 2.54. The van der Waals surface area contributed by atoms with Crippen LogP contribution in [0.3, 0.4) is 0 Å². The summed E-state index contributed by atoms with van der Waals surface area (Å²) in [5.41, 5.74) is 0. The van der Waals surface area contributed by atoms with Gasteiger partial charge in [0, 0.05) is 13.1 Å². The molecule has 0 spiro atoms. The minimum atomic E-state index is 1.16. The molecule has 0 saturated carbocycles. The first-order valence-corrected chi connectivity index (χ1v) is 5.65. The lowest BCUT2D eigenvalue weighted by atomic mass is 10.3. The molecule has 0 aromatic carbocycles. The van der Waals surface area contributed by atoms with Gasteiger partial charge in [-0.25, -0.2) is 0 Å². The zero-order valence-electron chi connectivity index (χ0n) is 9.84. The number of nitrogens with zero attached hydrogens (tertiary/aromatic N) is 2. The number of hydrogen-bond donors (Lipinski definition) is 0. The van der Waals surface area contributed by atoms with Crippen LogP contribution in [0.4, 0.5) is 0 Å². The molecule has 80 valence electrons. The van der Waals surface area contributed by atoms with Gasteiger partial charge < -0.3 is 9.80 Å². The second-order valence-electron chi connectivity index (χ2n) is 3.68. The number of unbranched alkanes of at least 4 members (excludes halogenated alkanes) is 1. The van der Waals surface area contributed by atoms with Crippen LogP contribution in [0.15, 0.2) is 0 Å². The summed E-state index contributed by atoms with van der Waals surface area (Å²) in [5, 5.41) is 0. The van der Waals surface area contributed by atoms with E-state index in [0.29, 0.717) is 0 Å². The quantitative estimate of drug-likeness (QED) is 0.572. The van der Waals surface area contributed by atoms with Gasteiger partial charge in [0.25, 0.3) is 0 Å². The lowest BCUT2D eigenvalue weighted by Gasteiger charge is -2.23. The Hall–Kier alpha value is -0.0800. The monoisotopic (exact) mass is 186 g/mol. The minimum Gasteiger partial charge on any atom is -0.305 e. The van der Waals surface area contributed by atoms with Crippen molar-refractivity contribution < 1.29 is 0 Å². The van der Waals surface area contributed by atoms with Crippen molar-refractivity contribution in [3.8, 4) is 0 Å². The van der Waals surface area contributed by atoms with Crippen LogP contribution in [0, 0.1) is 0 Å². The molecule has 0 aliphatic heterocycles. The van der Waals surface area contributed by atoms with E-state index in [-0.39, 0.29) is 0 Å².